The fourth-order valence-corrected chi connectivity index (χ4v) is 1.46. The molecule has 0 saturated carbocycles. The fourth-order valence-electron chi connectivity index (χ4n) is 1.46. The van der Waals surface area contributed by atoms with E-state index in [2.05, 4.69) is 11.3 Å². The molecule has 0 saturated heterocycles. The molecule has 0 fully saturated rings. The van der Waals surface area contributed by atoms with Gasteiger partial charge in [-0.1, -0.05) is 36.9 Å². The van der Waals surface area contributed by atoms with Crippen molar-refractivity contribution in [3.8, 4) is 0 Å². The zero-order chi connectivity index (χ0) is 17.7. The van der Waals surface area contributed by atoms with Gasteiger partial charge >= 0.3 is 11.9 Å². The predicted molar refractivity (Wildman–Crippen MR) is 85.0 cm³/mol. The van der Waals surface area contributed by atoms with Crippen molar-refractivity contribution in [1.29, 1.82) is 0 Å². The van der Waals surface area contributed by atoms with E-state index in [0.717, 1.165) is 6.08 Å². The highest BCUT2D eigenvalue weighted by Crippen LogP contribution is 2.07. The Morgan fingerprint density at radius 3 is 2.22 bits per heavy atom. The molecule has 1 unspecified atom stereocenters. The van der Waals surface area contributed by atoms with Crippen LogP contribution in [0.25, 0.3) is 0 Å². The average molecular weight is 322 g/mol. The molecule has 1 rings (SSSR count). The summed E-state index contributed by atoms with van der Waals surface area (Å²) in [5, 5.41) is 0. The van der Waals surface area contributed by atoms with E-state index < -0.39 is 18.0 Å². The van der Waals surface area contributed by atoms with E-state index in [-0.39, 0.29) is 12.4 Å². The zero-order valence-electron chi connectivity index (χ0n) is 13.6. The van der Waals surface area contributed by atoms with Crippen LogP contribution in [0.2, 0.25) is 0 Å². The largest absolute Gasteiger partial charge is 0.466 e. The molecule has 0 radical (unpaired) electrons. The minimum atomic E-state index is -0.866. The third-order valence-corrected chi connectivity index (χ3v) is 2.50. The number of carbonyl (C=O) groups excluding carboxylic acids is 3. The van der Waals surface area contributed by atoms with Crippen molar-refractivity contribution in [1.82, 2.24) is 0 Å². The molecular formula is C17H22O6. The minimum Gasteiger partial charge on any atom is -0.466 e. The van der Waals surface area contributed by atoms with E-state index in [9.17, 15) is 14.4 Å². The third kappa shape index (κ3) is 9.21. The molecule has 0 spiro atoms. The summed E-state index contributed by atoms with van der Waals surface area (Å²) in [7, 11) is 1.31. The van der Waals surface area contributed by atoms with Gasteiger partial charge in [0.1, 0.15) is 0 Å². The Bertz CT molecular complexity index is 509. The van der Waals surface area contributed by atoms with Crippen LogP contribution in [0, 0.1) is 0 Å². The first kappa shape index (κ1) is 20.5. The lowest BCUT2D eigenvalue weighted by Crippen LogP contribution is -2.31. The second-order valence-electron chi connectivity index (χ2n) is 4.22. The second-order valence-corrected chi connectivity index (χ2v) is 4.22. The summed E-state index contributed by atoms with van der Waals surface area (Å²) in [6, 6.07) is 8.72. The second kappa shape index (κ2) is 12.1. The normalized spacial score (nSPS) is 10.6. The number of carbonyl (C=O) groups is 3. The molecule has 0 N–H and O–H groups in total. The van der Waals surface area contributed by atoms with Crippen LogP contribution in [0.1, 0.15) is 24.2 Å². The number of Topliss-reactive ketones (excluding diaryl/α,β-unsaturated/α-hetero) is 1. The maximum Gasteiger partial charge on any atom is 0.329 e. The van der Waals surface area contributed by atoms with Crippen LogP contribution in [0.4, 0.5) is 0 Å². The van der Waals surface area contributed by atoms with Gasteiger partial charge in [-0.05, 0) is 6.92 Å². The van der Waals surface area contributed by atoms with Gasteiger partial charge in [0, 0.05) is 25.2 Å². The molecule has 0 bridgehead atoms. The average Bonchev–Trinajstić information content (AvgIpc) is 2.58. The Labute approximate surface area is 136 Å². The topological polar surface area (TPSA) is 78.9 Å². The lowest BCUT2D eigenvalue weighted by atomic mass is 10.1. The number of methoxy groups -OCH3 is 1. The van der Waals surface area contributed by atoms with E-state index >= 15 is 0 Å². The molecule has 0 amide bonds. The number of ether oxygens (including phenoxy) is 3. The van der Waals surface area contributed by atoms with Crippen molar-refractivity contribution in [3.63, 3.8) is 0 Å². The molecule has 6 nitrogen and oxygen atoms in total. The van der Waals surface area contributed by atoms with Gasteiger partial charge in [0.2, 0.25) is 5.78 Å². The van der Waals surface area contributed by atoms with Gasteiger partial charge in [-0.15, -0.1) is 0 Å². The van der Waals surface area contributed by atoms with Crippen molar-refractivity contribution in [2.45, 2.75) is 20.0 Å². The number of hydrogen-bond acceptors (Lipinski definition) is 6. The van der Waals surface area contributed by atoms with E-state index in [4.69, 9.17) is 9.47 Å². The van der Waals surface area contributed by atoms with E-state index in [0.29, 0.717) is 12.2 Å². The number of hydrogen-bond donors (Lipinski definition) is 0. The Balaban J connectivity index is 0.000000688. The van der Waals surface area contributed by atoms with E-state index in [1.807, 2.05) is 13.0 Å². The van der Waals surface area contributed by atoms with Crippen LogP contribution >= 0.6 is 0 Å². The maximum absolute atomic E-state index is 12.0. The van der Waals surface area contributed by atoms with Crippen LogP contribution in [0.15, 0.2) is 43.0 Å². The first-order valence-corrected chi connectivity index (χ1v) is 7.00. The summed E-state index contributed by atoms with van der Waals surface area (Å²) in [6.45, 7) is 6.81. The first-order valence-electron chi connectivity index (χ1n) is 7.00. The predicted octanol–water partition coefficient (Wildman–Crippen LogP) is 2.18. The van der Waals surface area contributed by atoms with Crippen molar-refractivity contribution in [3.05, 3.63) is 48.6 Å². The molecular weight excluding hydrogens is 300 g/mol. The monoisotopic (exact) mass is 322 g/mol. The quantitative estimate of drug-likeness (QED) is 0.435. The molecule has 0 heterocycles. The zero-order valence-corrected chi connectivity index (χ0v) is 13.6. The standard InChI is InChI=1S/C13H16O4.C4H6O2/c1-3-16-9-12(17-10(2)14)13(15)11-7-5-4-6-8-11;1-3-4(5)6-2/h4-8,12H,3,9H2,1-2H3;3H,1H2,2H3. The molecule has 0 aliphatic carbocycles. The maximum atomic E-state index is 12.0. The van der Waals surface area contributed by atoms with Crippen LogP contribution in [0.3, 0.4) is 0 Å². The lowest BCUT2D eigenvalue weighted by molar-refractivity contribution is -0.146. The van der Waals surface area contributed by atoms with E-state index in [1.165, 1.54) is 14.0 Å². The van der Waals surface area contributed by atoms with Crippen molar-refractivity contribution in [2.75, 3.05) is 20.3 Å². The van der Waals surface area contributed by atoms with Gasteiger partial charge in [-0.3, -0.25) is 9.59 Å². The fraction of sp³-hybridized carbons (Fsp3) is 0.353. The molecule has 1 atom stereocenters. The molecule has 0 aliphatic rings. The summed E-state index contributed by atoms with van der Waals surface area (Å²) in [6.07, 6.45) is 0.245. The van der Waals surface area contributed by atoms with Crippen molar-refractivity contribution >= 4 is 17.7 Å². The Morgan fingerprint density at radius 1 is 1.22 bits per heavy atom. The number of esters is 2. The van der Waals surface area contributed by atoms with Gasteiger partial charge in [0.25, 0.3) is 0 Å². The highest BCUT2D eigenvalue weighted by molar-refractivity contribution is 6.00. The smallest absolute Gasteiger partial charge is 0.329 e. The van der Waals surface area contributed by atoms with Crippen LogP contribution in [-0.2, 0) is 23.8 Å². The highest BCUT2D eigenvalue weighted by Gasteiger charge is 2.22. The molecule has 23 heavy (non-hydrogen) atoms. The number of ketones is 1. The number of benzene rings is 1. The summed E-state index contributed by atoms with van der Waals surface area (Å²) in [5.41, 5.74) is 0.512. The highest BCUT2D eigenvalue weighted by atomic mass is 16.6. The van der Waals surface area contributed by atoms with Gasteiger partial charge in [-0.2, -0.15) is 0 Å². The Morgan fingerprint density at radius 2 is 1.83 bits per heavy atom. The summed E-state index contributed by atoms with van der Waals surface area (Å²) < 4.78 is 14.2. The Kier molecular flexibility index (Phi) is 10.8. The van der Waals surface area contributed by atoms with Crippen LogP contribution in [0.5, 0.6) is 0 Å². The van der Waals surface area contributed by atoms with Crippen LogP contribution < -0.4 is 0 Å². The summed E-state index contributed by atoms with van der Waals surface area (Å²) in [5.74, 6) is -1.12. The SMILES string of the molecule is C=CC(=O)OC.CCOCC(OC(C)=O)C(=O)c1ccccc1. The summed E-state index contributed by atoms with van der Waals surface area (Å²) in [4.78, 5) is 32.8. The van der Waals surface area contributed by atoms with E-state index in [1.54, 1.807) is 24.3 Å². The molecule has 1 aromatic carbocycles. The minimum absolute atomic E-state index is 0.0871. The molecule has 0 aliphatic heterocycles. The van der Waals surface area contributed by atoms with Crippen molar-refractivity contribution < 1.29 is 28.6 Å². The first-order chi connectivity index (χ1) is 11.0. The molecule has 6 heteroatoms. The van der Waals surface area contributed by atoms with Crippen LogP contribution in [-0.4, -0.2) is 44.1 Å². The van der Waals surface area contributed by atoms with Gasteiger partial charge in [0.15, 0.2) is 6.10 Å². The molecule has 0 aromatic heterocycles. The van der Waals surface area contributed by atoms with Gasteiger partial charge < -0.3 is 14.2 Å². The van der Waals surface area contributed by atoms with Gasteiger partial charge in [0.05, 0.1) is 13.7 Å². The lowest BCUT2D eigenvalue weighted by Gasteiger charge is -2.15. The molecule has 126 valence electrons. The molecule has 1 aromatic rings. The number of rotatable bonds is 7. The van der Waals surface area contributed by atoms with Crippen molar-refractivity contribution in [2.24, 2.45) is 0 Å². The third-order valence-electron chi connectivity index (χ3n) is 2.50. The van der Waals surface area contributed by atoms with Gasteiger partial charge in [-0.25, -0.2) is 4.79 Å². The summed E-state index contributed by atoms with van der Waals surface area (Å²) >= 11 is 0. The Hall–Kier alpha value is -2.47.